The minimum Gasteiger partial charge on any atom is -0.309 e. The molecule has 1 nitrogen and oxygen atoms in total. The van der Waals surface area contributed by atoms with E-state index < -0.39 is 0 Å². The highest BCUT2D eigenvalue weighted by Crippen LogP contribution is 2.40. The van der Waals surface area contributed by atoms with Crippen molar-refractivity contribution in [3.63, 3.8) is 0 Å². The predicted octanol–water partition coefficient (Wildman–Crippen LogP) is 11.1. The number of halogens is 1. The van der Waals surface area contributed by atoms with Crippen LogP contribution >= 0.6 is 22.9 Å². The van der Waals surface area contributed by atoms with Crippen LogP contribution in [-0.2, 0) is 0 Å². The molecule has 184 valence electrons. The fourth-order valence-corrected chi connectivity index (χ4v) is 7.22. The normalized spacial score (nSPS) is 11.7. The van der Waals surface area contributed by atoms with E-state index in [1.54, 1.807) is 11.3 Å². The number of benzene rings is 6. The summed E-state index contributed by atoms with van der Waals surface area (Å²) in [6.45, 7) is 0. The van der Waals surface area contributed by atoms with E-state index in [1.165, 1.54) is 69.9 Å². The first-order valence-corrected chi connectivity index (χ1v) is 14.2. The summed E-state index contributed by atoms with van der Waals surface area (Å²) in [4.78, 5) is 0. The first kappa shape index (κ1) is 22.6. The van der Waals surface area contributed by atoms with Crippen LogP contribution in [0.25, 0.3) is 69.9 Å². The van der Waals surface area contributed by atoms with E-state index in [-0.39, 0.29) is 0 Å². The highest BCUT2D eigenvalue weighted by atomic mass is 35.5. The molecular formula is C36H22ClNS. The minimum absolute atomic E-state index is 0.778. The molecule has 0 aliphatic rings. The van der Waals surface area contributed by atoms with E-state index in [1.807, 2.05) is 6.07 Å². The monoisotopic (exact) mass is 535 g/mol. The van der Waals surface area contributed by atoms with E-state index in [2.05, 4.69) is 132 Å². The standard InChI is InChI=1S/C36H22ClNS/c37-27-13-15-29-30-16-14-28(22-36(30)39-35(29)21-27)38-33-17-11-25(23-7-3-1-4-8-23)19-31(33)32-20-26(12-18-34(32)38)24-9-5-2-6-10-24/h1-22H. The van der Waals surface area contributed by atoms with Gasteiger partial charge in [0.2, 0.25) is 0 Å². The van der Waals surface area contributed by atoms with Crippen LogP contribution in [-0.4, -0.2) is 4.57 Å². The van der Waals surface area contributed by atoms with Gasteiger partial charge in [0.05, 0.1) is 11.0 Å². The van der Waals surface area contributed by atoms with Crippen molar-refractivity contribution < 1.29 is 0 Å². The third kappa shape index (κ3) is 3.68. The van der Waals surface area contributed by atoms with E-state index in [4.69, 9.17) is 11.6 Å². The Kier molecular flexibility index (Phi) is 5.12. The lowest BCUT2D eigenvalue weighted by molar-refractivity contribution is 1.19. The molecule has 0 saturated carbocycles. The highest BCUT2D eigenvalue weighted by molar-refractivity contribution is 7.25. The quantitative estimate of drug-likeness (QED) is 0.212. The Morgan fingerprint density at radius 2 is 0.974 bits per heavy atom. The Morgan fingerprint density at radius 1 is 0.436 bits per heavy atom. The van der Waals surface area contributed by atoms with Crippen LogP contribution in [0.2, 0.25) is 5.02 Å². The van der Waals surface area contributed by atoms with Crippen LogP contribution in [0.3, 0.4) is 0 Å². The molecule has 0 N–H and O–H groups in total. The summed E-state index contributed by atoms with van der Waals surface area (Å²) in [7, 11) is 0. The second kappa shape index (κ2) is 8.84. The van der Waals surface area contributed by atoms with Gasteiger partial charge in [-0.25, -0.2) is 0 Å². The minimum atomic E-state index is 0.778. The number of fused-ring (bicyclic) bond motifs is 6. The molecule has 0 bridgehead atoms. The van der Waals surface area contributed by atoms with Crippen molar-refractivity contribution in [1.82, 2.24) is 4.57 Å². The maximum Gasteiger partial charge on any atom is 0.0541 e. The molecule has 8 rings (SSSR count). The van der Waals surface area contributed by atoms with Crippen LogP contribution in [0.1, 0.15) is 0 Å². The predicted molar refractivity (Wildman–Crippen MR) is 170 cm³/mol. The summed E-state index contributed by atoms with van der Waals surface area (Å²) in [5, 5.41) is 5.82. The molecule has 0 atom stereocenters. The van der Waals surface area contributed by atoms with Gasteiger partial charge in [0.1, 0.15) is 0 Å². The molecule has 8 aromatic rings. The van der Waals surface area contributed by atoms with Gasteiger partial charge in [-0.15, -0.1) is 11.3 Å². The summed E-state index contributed by atoms with van der Waals surface area (Å²) < 4.78 is 4.89. The van der Waals surface area contributed by atoms with Crippen molar-refractivity contribution in [2.75, 3.05) is 0 Å². The smallest absolute Gasteiger partial charge is 0.0541 e. The van der Waals surface area contributed by atoms with Crippen LogP contribution in [0.4, 0.5) is 0 Å². The van der Waals surface area contributed by atoms with Crippen molar-refractivity contribution in [2.24, 2.45) is 0 Å². The molecule has 2 heterocycles. The van der Waals surface area contributed by atoms with Gasteiger partial charge in [0.25, 0.3) is 0 Å². The van der Waals surface area contributed by atoms with Crippen LogP contribution in [0, 0.1) is 0 Å². The zero-order valence-electron chi connectivity index (χ0n) is 20.9. The topological polar surface area (TPSA) is 4.93 Å². The maximum absolute atomic E-state index is 6.31. The van der Waals surface area contributed by atoms with Gasteiger partial charge in [-0.1, -0.05) is 96.5 Å². The maximum atomic E-state index is 6.31. The molecule has 0 radical (unpaired) electrons. The summed E-state index contributed by atoms with van der Waals surface area (Å²) in [5.41, 5.74) is 8.49. The SMILES string of the molecule is Clc1ccc2c(c1)sc1cc(-n3c4ccc(-c5ccccc5)cc4c4cc(-c5ccccc5)ccc43)ccc12. The summed E-state index contributed by atoms with van der Waals surface area (Å²) in [6, 6.07) is 48.0. The number of aromatic nitrogens is 1. The molecule has 39 heavy (non-hydrogen) atoms. The summed E-state index contributed by atoms with van der Waals surface area (Å²) >= 11 is 8.11. The lowest BCUT2D eigenvalue weighted by atomic mass is 10.0. The van der Waals surface area contributed by atoms with E-state index in [0.29, 0.717) is 0 Å². The largest absolute Gasteiger partial charge is 0.309 e. The lowest BCUT2D eigenvalue weighted by Crippen LogP contribution is -1.93. The van der Waals surface area contributed by atoms with Gasteiger partial charge in [0, 0.05) is 41.7 Å². The Hall–Kier alpha value is -4.37. The number of nitrogens with zero attached hydrogens (tertiary/aromatic N) is 1. The van der Waals surface area contributed by atoms with Crippen molar-refractivity contribution in [3.8, 4) is 27.9 Å². The Labute approximate surface area is 235 Å². The molecule has 0 aliphatic carbocycles. The van der Waals surface area contributed by atoms with Gasteiger partial charge < -0.3 is 4.57 Å². The van der Waals surface area contributed by atoms with Gasteiger partial charge >= 0.3 is 0 Å². The molecule has 6 aromatic carbocycles. The Bertz CT molecular complexity index is 2070. The molecular weight excluding hydrogens is 514 g/mol. The zero-order chi connectivity index (χ0) is 25.9. The molecule has 2 aromatic heterocycles. The van der Waals surface area contributed by atoms with Gasteiger partial charge in [-0.3, -0.25) is 0 Å². The van der Waals surface area contributed by atoms with E-state index >= 15 is 0 Å². The fourth-order valence-electron chi connectivity index (χ4n) is 5.80. The molecule has 0 saturated heterocycles. The lowest BCUT2D eigenvalue weighted by Gasteiger charge is -2.09. The Morgan fingerprint density at radius 3 is 1.56 bits per heavy atom. The van der Waals surface area contributed by atoms with Gasteiger partial charge in [-0.2, -0.15) is 0 Å². The van der Waals surface area contributed by atoms with Crippen molar-refractivity contribution in [3.05, 3.63) is 138 Å². The second-order valence-corrected chi connectivity index (χ2v) is 11.5. The summed E-state index contributed by atoms with van der Waals surface area (Å²) in [6.07, 6.45) is 0. The van der Waals surface area contributed by atoms with E-state index in [9.17, 15) is 0 Å². The van der Waals surface area contributed by atoms with Crippen LogP contribution < -0.4 is 0 Å². The Balaban J connectivity index is 1.41. The van der Waals surface area contributed by atoms with Crippen LogP contribution in [0.5, 0.6) is 0 Å². The van der Waals surface area contributed by atoms with Crippen molar-refractivity contribution >= 4 is 64.9 Å². The second-order valence-electron chi connectivity index (χ2n) is 9.95. The average molecular weight is 536 g/mol. The zero-order valence-corrected chi connectivity index (χ0v) is 22.5. The number of hydrogen-bond donors (Lipinski definition) is 0. The number of hydrogen-bond acceptors (Lipinski definition) is 1. The van der Waals surface area contributed by atoms with Gasteiger partial charge in [-0.05, 0) is 70.8 Å². The van der Waals surface area contributed by atoms with Gasteiger partial charge in [0.15, 0.2) is 0 Å². The average Bonchev–Trinajstić information content (AvgIpc) is 3.51. The summed E-state index contributed by atoms with van der Waals surface area (Å²) in [5.74, 6) is 0. The fraction of sp³-hybridized carbons (Fsp3) is 0. The van der Waals surface area contributed by atoms with Crippen LogP contribution in [0.15, 0.2) is 133 Å². The third-order valence-electron chi connectivity index (χ3n) is 7.66. The molecule has 0 fully saturated rings. The first-order chi connectivity index (χ1) is 19.2. The number of rotatable bonds is 3. The molecule has 0 spiro atoms. The highest BCUT2D eigenvalue weighted by Gasteiger charge is 2.16. The first-order valence-electron chi connectivity index (χ1n) is 13.0. The van der Waals surface area contributed by atoms with Crippen molar-refractivity contribution in [2.45, 2.75) is 0 Å². The third-order valence-corrected chi connectivity index (χ3v) is 9.01. The van der Waals surface area contributed by atoms with E-state index in [0.717, 1.165) is 5.02 Å². The van der Waals surface area contributed by atoms with Crippen molar-refractivity contribution in [1.29, 1.82) is 0 Å². The molecule has 0 aliphatic heterocycles. The molecule has 3 heteroatoms. The number of thiophene rings is 1. The molecule has 0 amide bonds. The molecule has 0 unspecified atom stereocenters.